The average molecular weight is 343 g/mol. The standard InChI is InChI=1S/C20H22FNO3/c1-2-13-25-20(24)16-5-3-4-12-22-17(16)10-11-18(22)19(23)14-6-8-15(21)9-7-14/h6-11,16H,2-5,12-13H2,1H3. The summed E-state index contributed by atoms with van der Waals surface area (Å²) in [6.07, 6.45) is 3.34. The maximum atomic E-state index is 13.1. The highest BCUT2D eigenvalue weighted by Crippen LogP contribution is 2.30. The van der Waals surface area contributed by atoms with E-state index in [0.717, 1.165) is 31.4 Å². The summed E-state index contributed by atoms with van der Waals surface area (Å²) >= 11 is 0. The number of ether oxygens (including phenoxy) is 1. The fourth-order valence-corrected chi connectivity index (χ4v) is 3.29. The molecular formula is C20H22FNO3. The van der Waals surface area contributed by atoms with Crippen LogP contribution in [0.2, 0.25) is 0 Å². The molecule has 0 radical (unpaired) electrons. The highest BCUT2D eigenvalue weighted by Gasteiger charge is 2.29. The summed E-state index contributed by atoms with van der Waals surface area (Å²) in [6.45, 7) is 3.07. The first-order chi connectivity index (χ1) is 12.1. The second-order valence-corrected chi connectivity index (χ2v) is 6.35. The number of hydrogen-bond donors (Lipinski definition) is 0. The monoisotopic (exact) mass is 343 g/mol. The van der Waals surface area contributed by atoms with Gasteiger partial charge in [0.2, 0.25) is 5.78 Å². The minimum absolute atomic E-state index is 0.158. The first-order valence-electron chi connectivity index (χ1n) is 8.78. The molecule has 1 unspecified atom stereocenters. The van der Waals surface area contributed by atoms with E-state index in [9.17, 15) is 14.0 Å². The van der Waals surface area contributed by atoms with Crippen molar-refractivity contribution in [2.24, 2.45) is 0 Å². The lowest BCUT2D eigenvalue weighted by Crippen LogP contribution is -2.19. The number of ketones is 1. The van der Waals surface area contributed by atoms with Crippen molar-refractivity contribution in [3.8, 4) is 0 Å². The Bertz CT molecular complexity index is 764. The predicted molar refractivity (Wildman–Crippen MR) is 92.1 cm³/mol. The second kappa shape index (κ2) is 7.64. The van der Waals surface area contributed by atoms with Crippen LogP contribution >= 0.6 is 0 Å². The number of carbonyl (C=O) groups excluding carboxylic acids is 2. The van der Waals surface area contributed by atoms with Gasteiger partial charge in [0.25, 0.3) is 0 Å². The molecule has 0 saturated heterocycles. The van der Waals surface area contributed by atoms with E-state index in [4.69, 9.17) is 4.74 Å². The van der Waals surface area contributed by atoms with Crippen molar-refractivity contribution in [1.82, 2.24) is 4.57 Å². The number of halogens is 1. The SMILES string of the molecule is CCCOC(=O)C1CCCCn2c(C(=O)c3ccc(F)cc3)ccc21. The van der Waals surface area contributed by atoms with Crippen molar-refractivity contribution in [1.29, 1.82) is 0 Å². The predicted octanol–water partition coefficient (Wildman–Crippen LogP) is 4.08. The molecule has 1 atom stereocenters. The van der Waals surface area contributed by atoms with Crippen LogP contribution in [0, 0.1) is 5.82 Å². The Morgan fingerprint density at radius 3 is 2.64 bits per heavy atom. The van der Waals surface area contributed by atoms with Crippen LogP contribution < -0.4 is 0 Å². The van der Waals surface area contributed by atoms with Crippen LogP contribution in [0.25, 0.3) is 0 Å². The number of aromatic nitrogens is 1. The lowest BCUT2D eigenvalue weighted by atomic mass is 10.00. The lowest BCUT2D eigenvalue weighted by molar-refractivity contribution is -0.145. The molecule has 0 bridgehead atoms. The zero-order chi connectivity index (χ0) is 17.8. The molecule has 5 heteroatoms. The maximum absolute atomic E-state index is 13.1. The normalized spacial score (nSPS) is 16.8. The summed E-state index contributed by atoms with van der Waals surface area (Å²) < 4.78 is 20.4. The second-order valence-electron chi connectivity index (χ2n) is 6.35. The van der Waals surface area contributed by atoms with Crippen LogP contribution in [0.3, 0.4) is 0 Å². The molecule has 1 aromatic carbocycles. The Morgan fingerprint density at radius 1 is 1.16 bits per heavy atom. The van der Waals surface area contributed by atoms with Crippen LogP contribution in [-0.2, 0) is 16.1 Å². The zero-order valence-corrected chi connectivity index (χ0v) is 14.3. The summed E-state index contributed by atoms with van der Waals surface area (Å²) in [5, 5.41) is 0. The molecular weight excluding hydrogens is 321 g/mol. The molecule has 4 nitrogen and oxygen atoms in total. The highest BCUT2D eigenvalue weighted by molar-refractivity contribution is 6.08. The van der Waals surface area contributed by atoms with Crippen molar-refractivity contribution in [3.63, 3.8) is 0 Å². The van der Waals surface area contributed by atoms with E-state index < -0.39 is 0 Å². The molecule has 1 aromatic heterocycles. The van der Waals surface area contributed by atoms with Gasteiger partial charge >= 0.3 is 5.97 Å². The Kier molecular flexibility index (Phi) is 5.31. The van der Waals surface area contributed by atoms with E-state index in [2.05, 4.69) is 0 Å². The minimum atomic E-state index is -0.371. The molecule has 0 N–H and O–H groups in total. The van der Waals surface area contributed by atoms with E-state index in [1.807, 2.05) is 17.6 Å². The van der Waals surface area contributed by atoms with Crippen LogP contribution in [0.4, 0.5) is 4.39 Å². The van der Waals surface area contributed by atoms with Crippen molar-refractivity contribution < 1.29 is 18.7 Å². The summed E-state index contributed by atoms with van der Waals surface area (Å²) in [5.74, 6) is -1.08. The first-order valence-corrected chi connectivity index (χ1v) is 8.78. The summed E-state index contributed by atoms with van der Waals surface area (Å²) in [5.41, 5.74) is 1.82. The van der Waals surface area contributed by atoms with Crippen LogP contribution in [0.1, 0.15) is 60.3 Å². The van der Waals surface area contributed by atoms with Gasteiger partial charge in [-0.2, -0.15) is 0 Å². The Hall–Kier alpha value is -2.43. The van der Waals surface area contributed by atoms with Gasteiger partial charge < -0.3 is 9.30 Å². The van der Waals surface area contributed by atoms with E-state index in [1.54, 1.807) is 6.07 Å². The average Bonchev–Trinajstić information content (AvgIpc) is 2.92. The third-order valence-corrected chi connectivity index (χ3v) is 4.57. The van der Waals surface area contributed by atoms with Crippen molar-refractivity contribution >= 4 is 11.8 Å². The molecule has 0 aliphatic carbocycles. The molecule has 0 spiro atoms. The molecule has 1 aliphatic rings. The van der Waals surface area contributed by atoms with Gasteiger partial charge in [0.15, 0.2) is 0 Å². The maximum Gasteiger partial charge on any atom is 0.314 e. The number of rotatable bonds is 5. The molecule has 0 amide bonds. The minimum Gasteiger partial charge on any atom is -0.465 e. The van der Waals surface area contributed by atoms with Gasteiger partial charge in [-0.25, -0.2) is 4.39 Å². The van der Waals surface area contributed by atoms with Crippen molar-refractivity contribution in [3.05, 3.63) is 59.2 Å². The van der Waals surface area contributed by atoms with Gasteiger partial charge in [0.05, 0.1) is 18.2 Å². The number of carbonyl (C=O) groups is 2. The number of esters is 1. The van der Waals surface area contributed by atoms with E-state index in [-0.39, 0.29) is 23.5 Å². The lowest BCUT2D eigenvalue weighted by Gasteiger charge is -2.16. The molecule has 2 heterocycles. The van der Waals surface area contributed by atoms with Gasteiger partial charge in [0, 0.05) is 17.8 Å². The van der Waals surface area contributed by atoms with Gasteiger partial charge in [-0.05, 0) is 55.7 Å². The third-order valence-electron chi connectivity index (χ3n) is 4.57. The molecule has 1 aliphatic heterocycles. The number of hydrogen-bond acceptors (Lipinski definition) is 3. The van der Waals surface area contributed by atoms with Gasteiger partial charge in [-0.1, -0.05) is 13.3 Å². The molecule has 0 saturated carbocycles. The highest BCUT2D eigenvalue weighted by atomic mass is 19.1. The quantitative estimate of drug-likeness (QED) is 0.607. The van der Waals surface area contributed by atoms with Gasteiger partial charge in [-0.3, -0.25) is 9.59 Å². The number of benzene rings is 1. The Balaban J connectivity index is 1.91. The zero-order valence-electron chi connectivity index (χ0n) is 14.3. The first kappa shape index (κ1) is 17.4. The fraction of sp³-hybridized carbons (Fsp3) is 0.400. The van der Waals surface area contributed by atoms with Crippen LogP contribution in [0.15, 0.2) is 36.4 Å². The van der Waals surface area contributed by atoms with E-state index >= 15 is 0 Å². The molecule has 0 fully saturated rings. The fourth-order valence-electron chi connectivity index (χ4n) is 3.29. The van der Waals surface area contributed by atoms with E-state index in [1.165, 1.54) is 24.3 Å². The van der Waals surface area contributed by atoms with Crippen LogP contribution in [0.5, 0.6) is 0 Å². The molecule has 25 heavy (non-hydrogen) atoms. The number of nitrogens with zero attached hydrogens (tertiary/aromatic N) is 1. The Morgan fingerprint density at radius 2 is 1.92 bits per heavy atom. The largest absolute Gasteiger partial charge is 0.465 e. The smallest absolute Gasteiger partial charge is 0.314 e. The molecule has 132 valence electrons. The van der Waals surface area contributed by atoms with Gasteiger partial charge in [0.1, 0.15) is 5.82 Å². The Labute approximate surface area is 146 Å². The number of fused-ring (bicyclic) bond motifs is 1. The molecule has 2 aromatic rings. The summed E-state index contributed by atoms with van der Waals surface area (Å²) in [7, 11) is 0. The van der Waals surface area contributed by atoms with Crippen molar-refractivity contribution in [2.75, 3.05) is 6.61 Å². The van der Waals surface area contributed by atoms with E-state index in [0.29, 0.717) is 24.4 Å². The topological polar surface area (TPSA) is 48.3 Å². The molecule has 3 rings (SSSR count). The van der Waals surface area contributed by atoms with Gasteiger partial charge in [-0.15, -0.1) is 0 Å². The third kappa shape index (κ3) is 3.65. The van der Waals surface area contributed by atoms with Crippen LogP contribution in [-0.4, -0.2) is 22.9 Å². The summed E-state index contributed by atoms with van der Waals surface area (Å²) in [6, 6.07) is 9.14. The van der Waals surface area contributed by atoms with Crippen molar-refractivity contribution in [2.45, 2.75) is 45.1 Å². The summed E-state index contributed by atoms with van der Waals surface area (Å²) in [4.78, 5) is 25.2.